The number of hydrogen-bond acceptors (Lipinski definition) is 5. The van der Waals surface area contributed by atoms with E-state index in [2.05, 4.69) is 15.7 Å². The van der Waals surface area contributed by atoms with Crippen LogP contribution in [0.4, 0.5) is 10.2 Å². The van der Waals surface area contributed by atoms with Crippen LogP contribution in [0.15, 0.2) is 48.5 Å². The van der Waals surface area contributed by atoms with Crippen molar-refractivity contribution in [2.24, 2.45) is 0 Å². The number of aromatic nitrogens is 2. The molecule has 4 rings (SSSR count). The zero-order chi connectivity index (χ0) is 22.2. The number of nitrogens with one attached hydrogen (secondary N) is 2. The molecule has 10 heteroatoms. The summed E-state index contributed by atoms with van der Waals surface area (Å²) in [5.41, 5.74) is 3.00. The Morgan fingerprint density at radius 1 is 1.03 bits per heavy atom. The molecular formula is C21H19FN4O4S. The van der Waals surface area contributed by atoms with Crippen LogP contribution in [0.25, 0.3) is 5.69 Å². The Morgan fingerprint density at radius 2 is 1.71 bits per heavy atom. The van der Waals surface area contributed by atoms with Gasteiger partial charge in [-0.15, -0.1) is 0 Å². The van der Waals surface area contributed by atoms with E-state index in [1.807, 2.05) is 19.1 Å². The normalized spacial score (nSPS) is 14.1. The lowest BCUT2D eigenvalue weighted by Crippen LogP contribution is -2.35. The van der Waals surface area contributed by atoms with Crippen molar-refractivity contribution in [3.8, 4) is 5.69 Å². The third-order valence-electron chi connectivity index (χ3n) is 4.87. The molecule has 0 saturated heterocycles. The van der Waals surface area contributed by atoms with Gasteiger partial charge in [0.15, 0.2) is 9.84 Å². The molecule has 2 amide bonds. The quantitative estimate of drug-likeness (QED) is 0.601. The van der Waals surface area contributed by atoms with Crippen LogP contribution in [-0.2, 0) is 37.5 Å². The van der Waals surface area contributed by atoms with Gasteiger partial charge in [0.05, 0.1) is 22.9 Å². The van der Waals surface area contributed by atoms with Crippen LogP contribution >= 0.6 is 0 Å². The van der Waals surface area contributed by atoms with Gasteiger partial charge in [-0.25, -0.2) is 17.5 Å². The zero-order valence-corrected chi connectivity index (χ0v) is 17.4. The molecule has 0 radical (unpaired) electrons. The van der Waals surface area contributed by atoms with Gasteiger partial charge >= 0.3 is 11.8 Å². The monoisotopic (exact) mass is 442 g/mol. The van der Waals surface area contributed by atoms with Gasteiger partial charge in [0.2, 0.25) is 0 Å². The molecule has 0 bridgehead atoms. The van der Waals surface area contributed by atoms with Gasteiger partial charge in [-0.1, -0.05) is 29.8 Å². The second-order valence-electron chi connectivity index (χ2n) is 7.32. The van der Waals surface area contributed by atoms with Crippen molar-refractivity contribution in [2.75, 3.05) is 5.32 Å². The van der Waals surface area contributed by atoms with Gasteiger partial charge in [-0.2, -0.15) is 5.10 Å². The molecule has 0 unspecified atom stereocenters. The molecule has 8 nitrogen and oxygen atoms in total. The number of carbonyl (C=O) groups excluding carboxylic acids is 2. The summed E-state index contributed by atoms with van der Waals surface area (Å²) in [6.45, 7) is 1.96. The maximum atomic E-state index is 13.0. The summed E-state index contributed by atoms with van der Waals surface area (Å²) in [7, 11) is -3.35. The highest BCUT2D eigenvalue weighted by atomic mass is 32.2. The number of nitrogens with zero attached hydrogens (tertiary/aromatic N) is 2. The lowest BCUT2D eigenvalue weighted by Gasteiger charge is -2.11. The molecule has 1 aromatic heterocycles. The molecule has 0 fully saturated rings. The summed E-state index contributed by atoms with van der Waals surface area (Å²) in [4.78, 5) is 24.8. The van der Waals surface area contributed by atoms with E-state index in [9.17, 15) is 22.4 Å². The Labute approximate surface area is 178 Å². The zero-order valence-electron chi connectivity index (χ0n) is 16.6. The first-order valence-corrected chi connectivity index (χ1v) is 11.3. The SMILES string of the molecule is Cc1ccc(-n2nc3c(c2NC(=O)C(=O)NCc2ccc(F)cc2)CS(=O)(=O)C3)cc1. The smallest absolute Gasteiger partial charge is 0.314 e. The Hall–Kier alpha value is -3.53. The van der Waals surface area contributed by atoms with Crippen LogP contribution in [-0.4, -0.2) is 30.0 Å². The number of sulfone groups is 1. The predicted octanol–water partition coefficient (Wildman–Crippen LogP) is 2.00. The number of anilines is 1. The number of carbonyl (C=O) groups is 2. The van der Waals surface area contributed by atoms with Crippen molar-refractivity contribution in [1.82, 2.24) is 15.1 Å². The number of benzene rings is 2. The van der Waals surface area contributed by atoms with E-state index in [4.69, 9.17) is 0 Å². The first-order valence-electron chi connectivity index (χ1n) is 9.44. The standard InChI is InChI=1S/C21H19FN4O4S/c1-13-2-8-16(9-3-13)26-19(17-11-31(29,30)12-18(17)25-26)24-21(28)20(27)23-10-14-4-6-15(22)7-5-14/h2-9H,10-12H2,1H3,(H,23,27)(H,24,28). The summed E-state index contributed by atoms with van der Waals surface area (Å²) >= 11 is 0. The average molecular weight is 442 g/mol. The van der Waals surface area contributed by atoms with Crippen LogP contribution in [0.3, 0.4) is 0 Å². The summed E-state index contributed by atoms with van der Waals surface area (Å²) in [6.07, 6.45) is 0. The second kappa shape index (κ2) is 7.95. The molecule has 0 aliphatic carbocycles. The highest BCUT2D eigenvalue weighted by molar-refractivity contribution is 7.90. The lowest BCUT2D eigenvalue weighted by molar-refractivity contribution is -0.136. The first kappa shape index (κ1) is 20.7. The summed E-state index contributed by atoms with van der Waals surface area (Å²) in [5.74, 6) is -2.59. The molecule has 0 atom stereocenters. The molecule has 2 N–H and O–H groups in total. The summed E-state index contributed by atoms with van der Waals surface area (Å²) < 4.78 is 38.5. The average Bonchev–Trinajstić information content (AvgIpc) is 3.20. The van der Waals surface area contributed by atoms with Crippen LogP contribution < -0.4 is 10.6 Å². The highest BCUT2D eigenvalue weighted by Gasteiger charge is 2.33. The van der Waals surface area contributed by atoms with E-state index in [1.165, 1.54) is 28.9 Å². The van der Waals surface area contributed by atoms with Crippen molar-refractivity contribution in [1.29, 1.82) is 0 Å². The minimum absolute atomic E-state index is 0.0379. The van der Waals surface area contributed by atoms with Crippen molar-refractivity contribution in [2.45, 2.75) is 25.0 Å². The predicted molar refractivity (Wildman–Crippen MR) is 112 cm³/mol. The fourth-order valence-corrected chi connectivity index (χ4v) is 4.77. The van der Waals surface area contributed by atoms with Gasteiger partial charge in [-0.05, 0) is 36.8 Å². The molecule has 31 heavy (non-hydrogen) atoms. The lowest BCUT2D eigenvalue weighted by atomic mass is 10.2. The molecule has 0 spiro atoms. The Bertz CT molecular complexity index is 1270. The Kier molecular flexibility index (Phi) is 5.32. The third kappa shape index (κ3) is 4.48. The van der Waals surface area contributed by atoms with E-state index < -0.39 is 27.5 Å². The fraction of sp³-hybridized carbons (Fsp3) is 0.190. The fourth-order valence-electron chi connectivity index (χ4n) is 3.27. The minimum Gasteiger partial charge on any atom is -0.344 e. The van der Waals surface area contributed by atoms with Crippen molar-refractivity contribution >= 4 is 27.5 Å². The maximum Gasteiger partial charge on any atom is 0.314 e. The van der Waals surface area contributed by atoms with Crippen molar-refractivity contribution < 1.29 is 22.4 Å². The number of rotatable bonds is 4. The summed E-state index contributed by atoms with van der Waals surface area (Å²) in [6, 6.07) is 12.8. The van der Waals surface area contributed by atoms with E-state index >= 15 is 0 Å². The second-order valence-corrected chi connectivity index (χ2v) is 9.38. The van der Waals surface area contributed by atoms with E-state index in [0.29, 0.717) is 22.5 Å². The molecule has 1 aliphatic heterocycles. The van der Waals surface area contributed by atoms with Crippen LogP contribution in [0.5, 0.6) is 0 Å². The van der Waals surface area contributed by atoms with E-state index in [-0.39, 0.29) is 23.9 Å². The maximum absolute atomic E-state index is 13.0. The Morgan fingerprint density at radius 3 is 2.39 bits per heavy atom. The van der Waals surface area contributed by atoms with Crippen LogP contribution in [0.1, 0.15) is 22.4 Å². The number of amides is 2. The van der Waals surface area contributed by atoms with Gasteiger partial charge < -0.3 is 10.6 Å². The number of halogens is 1. The van der Waals surface area contributed by atoms with Gasteiger partial charge in [0.1, 0.15) is 11.6 Å². The molecule has 2 heterocycles. The number of fused-ring (bicyclic) bond motifs is 1. The van der Waals surface area contributed by atoms with Gasteiger partial charge in [-0.3, -0.25) is 9.59 Å². The number of aryl methyl sites for hydroxylation is 1. The minimum atomic E-state index is -3.35. The van der Waals surface area contributed by atoms with Crippen LogP contribution in [0.2, 0.25) is 0 Å². The largest absolute Gasteiger partial charge is 0.344 e. The van der Waals surface area contributed by atoms with E-state index in [0.717, 1.165) is 5.56 Å². The summed E-state index contributed by atoms with van der Waals surface area (Å²) in [5, 5.41) is 9.33. The highest BCUT2D eigenvalue weighted by Crippen LogP contribution is 2.33. The van der Waals surface area contributed by atoms with Crippen molar-refractivity contribution in [3.05, 3.63) is 76.7 Å². The number of hydrogen-bond donors (Lipinski definition) is 2. The molecule has 3 aromatic rings. The Balaban J connectivity index is 1.56. The van der Waals surface area contributed by atoms with Gasteiger partial charge in [0, 0.05) is 12.1 Å². The topological polar surface area (TPSA) is 110 Å². The van der Waals surface area contributed by atoms with Gasteiger partial charge in [0.25, 0.3) is 0 Å². The van der Waals surface area contributed by atoms with Crippen molar-refractivity contribution in [3.63, 3.8) is 0 Å². The molecular weight excluding hydrogens is 423 g/mol. The first-order chi connectivity index (χ1) is 14.7. The molecule has 2 aromatic carbocycles. The molecule has 1 aliphatic rings. The molecule has 160 valence electrons. The van der Waals surface area contributed by atoms with Crippen LogP contribution in [0, 0.1) is 12.7 Å². The van der Waals surface area contributed by atoms with E-state index in [1.54, 1.807) is 12.1 Å². The third-order valence-corrected chi connectivity index (χ3v) is 6.31. The molecule has 0 saturated carbocycles.